The summed E-state index contributed by atoms with van der Waals surface area (Å²) in [6.07, 6.45) is -9.44. The predicted molar refractivity (Wildman–Crippen MR) is 85.5 cm³/mol. The Kier molecular flexibility index (Phi) is 7.69. The van der Waals surface area contributed by atoms with Gasteiger partial charge in [0.15, 0.2) is 18.4 Å². The second-order valence-electron chi connectivity index (χ2n) is 5.77. The molecule has 6 atom stereocenters. The Hall–Kier alpha value is -2.93. The number of rotatable bonds is 6. The molecule has 0 aromatic rings. The SMILES string of the molecule is CC(=O)N[C@]1(O)[C@H](OC(C)=O)O[C@H](C(O)N=[N+]=[N-])[C@@H](OC(C)=O)[C@@H]1OC(C)=O. The summed E-state index contributed by atoms with van der Waals surface area (Å²) < 4.78 is 20.1. The molecule has 1 amide bonds. The molecule has 0 radical (unpaired) electrons. The van der Waals surface area contributed by atoms with E-state index in [1.54, 1.807) is 0 Å². The molecule has 1 heterocycles. The van der Waals surface area contributed by atoms with E-state index in [0.717, 1.165) is 27.7 Å². The van der Waals surface area contributed by atoms with Gasteiger partial charge in [0.1, 0.15) is 6.10 Å². The maximum absolute atomic E-state index is 11.6. The van der Waals surface area contributed by atoms with Crippen molar-refractivity contribution in [2.75, 3.05) is 0 Å². The van der Waals surface area contributed by atoms with Crippen LogP contribution >= 0.6 is 0 Å². The van der Waals surface area contributed by atoms with E-state index in [9.17, 15) is 29.4 Å². The van der Waals surface area contributed by atoms with Crippen LogP contribution in [0, 0.1) is 0 Å². The van der Waals surface area contributed by atoms with Gasteiger partial charge < -0.3 is 34.5 Å². The molecule has 0 saturated carbocycles. The molecule has 1 aliphatic heterocycles. The number of hydrogen-bond acceptors (Lipinski definition) is 11. The van der Waals surface area contributed by atoms with Crippen molar-refractivity contribution in [3.8, 4) is 0 Å². The quantitative estimate of drug-likeness (QED) is 0.118. The molecule has 0 aromatic carbocycles. The normalized spacial score (nSPS) is 30.2. The monoisotopic (exact) mass is 404 g/mol. The van der Waals surface area contributed by atoms with Gasteiger partial charge in [-0.1, -0.05) is 5.11 Å². The molecule has 14 heteroatoms. The Bertz CT molecular complexity index is 694. The first-order chi connectivity index (χ1) is 12.9. The van der Waals surface area contributed by atoms with Crippen molar-refractivity contribution in [2.45, 2.75) is 64.2 Å². The van der Waals surface area contributed by atoms with Crippen LogP contribution in [-0.4, -0.2) is 70.6 Å². The van der Waals surface area contributed by atoms with Gasteiger partial charge in [0, 0.05) is 32.6 Å². The van der Waals surface area contributed by atoms with Gasteiger partial charge in [-0.15, -0.1) is 0 Å². The first kappa shape index (κ1) is 23.1. The average molecular weight is 404 g/mol. The van der Waals surface area contributed by atoms with E-state index < -0.39 is 60.4 Å². The lowest BCUT2D eigenvalue weighted by atomic mass is 9.91. The van der Waals surface area contributed by atoms with Crippen molar-refractivity contribution in [1.82, 2.24) is 5.32 Å². The van der Waals surface area contributed by atoms with Gasteiger partial charge in [-0.3, -0.25) is 19.2 Å². The highest BCUT2D eigenvalue weighted by molar-refractivity contribution is 5.74. The molecule has 0 bridgehead atoms. The van der Waals surface area contributed by atoms with Crippen LogP contribution in [0.3, 0.4) is 0 Å². The van der Waals surface area contributed by atoms with Crippen molar-refractivity contribution in [3.05, 3.63) is 10.4 Å². The fourth-order valence-corrected chi connectivity index (χ4v) is 2.58. The topological polar surface area (TPSA) is 206 Å². The number of carbonyl (C=O) groups is 4. The number of esters is 3. The van der Waals surface area contributed by atoms with E-state index in [2.05, 4.69) is 10.0 Å². The Morgan fingerprint density at radius 2 is 1.64 bits per heavy atom. The van der Waals surface area contributed by atoms with Crippen LogP contribution in [0.2, 0.25) is 0 Å². The number of carbonyl (C=O) groups excluding carboxylic acids is 4. The first-order valence-electron chi connectivity index (χ1n) is 7.82. The number of hydrogen-bond donors (Lipinski definition) is 3. The zero-order valence-electron chi connectivity index (χ0n) is 15.4. The summed E-state index contributed by atoms with van der Waals surface area (Å²) in [4.78, 5) is 48.5. The second-order valence-corrected chi connectivity index (χ2v) is 5.77. The Balaban J connectivity index is 3.57. The molecule has 14 nitrogen and oxygen atoms in total. The maximum Gasteiger partial charge on any atom is 0.305 e. The van der Waals surface area contributed by atoms with Gasteiger partial charge in [-0.25, -0.2) is 0 Å². The molecule has 0 spiro atoms. The van der Waals surface area contributed by atoms with E-state index >= 15 is 0 Å². The van der Waals surface area contributed by atoms with Gasteiger partial charge in [0.2, 0.25) is 11.6 Å². The minimum absolute atomic E-state index is 0.851. The summed E-state index contributed by atoms with van der Waals surface area (Å²) >= 11 is 0. The highest BCUT2D eigenvalue weighted by atomic mass is 16.7. The minimum atomic E-state index is -2.71. The van der Waals surface area contributed by atoms with Crippen LogP contribution in [0.4, 0.5) is 0 Å². The molecule has 1 rings (SSSR count). The highest BCUT2D eigenvalue weighted by Gasteiger charge is 2.62. The van der Waals surface area contributed by atoms with E-state index in [1.807, 2.05) is 5.32 Å². The van der Waals surface area contributed by atoms with Crippen LogP contribution in [0.25, 0.3) is 10.4 Å². The lowest BCUT2D eigenvalue weighted by Crippen LogP contribution is -2.75. The van der Waals surface area contributed by atoms with Crippen LogP contribution in [0.1, 0.15) is 27.7 Å². The number of ether oxygens (including phenoxy) is 4. The van der Waals surface area contributed by atoms with Crippen molar-refractivity contribution < 1.29 is 48.3 Å². The lowest BCUT2D eigenvalue weighted by molar-refractivity contribution is -0.346. The number of aliphatic hydroxyl groups is 2. The summed E-state index contributed by atoms with van der Waals surface area (Å²) in [6.45, 7) is 3.87. The number of azide groups is 1. The second kappa shape index (κ2) is 9.32. The summed E-state index contributed by atoms with van der Waals surface area (Å²) in [7, 11) is 0. The van der Waals surface area contributed by atoms with Crippen molar-refractivity contribution in [2.24, 2.45) is 5.11 Å². The third-order valence-corrected chi connectivity index (χ3v) is 3.40. The number of aliphatic hydroxyl groups excluding tert-OH is 1. The summed E-state index contributed by atoms with van der Waals surface area (Å²) in [5, 5.41) is 26.0. The van der Waals surface area contributed by atoms with Crippen LogP contribution in [-0.2, 0) is 38.1 Å². The Labute approximate surface area is 158 Å². The molecule has 0 aliphatic carbocycles. The standard InChI is InChI=1S/C14H20N4O10/c1-5(19)16-14(24)11(26-7(3)21)9(25-6(2)20)10(12(23)17-18-15)28-13(14)27-8(4)22/h9-13,23-24H,1-4H3,(H,16,19)/t9-,10+,11+,12?,13-,14-/m1/s1. The number of nitrogens with one attached hydrogen (secondary N) is 1. The molecule has 1 aliphatic rings. The largest absolute Gasteiger partial charge is 0.455 e. The smallest absolute Gasteiger partial charge is 0.305 e. The average Bonchev–Trinajstić information content (AvgIpc) is 2.52. The van der Waals surface area contributed by atoms with Gasteiger partial charge in [0.25, 0.3) is 6.29 Å². The Morgan fingerprint density at radius 1 is 1.11 bits per heavy atom. The summed E-state index contributed by atoms with van der Waals surface area (Å²) in [5.74, 6) is -3.75. The van der Waals surface area contributed by atoms with E-state index in [4.69, 9.17) is 24.5 Å². The van der Waals surface area contributed by atoms with Crippen LogP contribution in [0.15, 0.2) is 5.11 Å². The van der Waals surface area contributed by atoms with Gasteiger partial charge in [0.05, 0.1) is 0 Å². The molecule has 1 fully saturated rings. The van der Waals surface area contributed by atoms with Crippen LogP contribution in [0.5, 0.6) is 0 Å². The molecule has 28 heavy (non-hydrogen) atoms. The van der Waals surface area contributed by atoms with Crippen molar-refractivity contribution in [3.63, 3.8) is 0 Å². The third kappa shape index (κ3) is 5.53. The molecule has 0 aromatic heterocycles. The number of nitrogens with zero attached hydrogens (tertiary/aromatic N) is 3. The van der Waals surface area contributed by atoms with E-state index in [1.165, 1.54) is 0 Å². The van der Waals surface area contributed by atoms with Gasteiger partial charge in [-0.05, 0) is 5.53 Å². The van der Waals surface area contributed by atoms with Gasteiger partial charge in [-0.2, -0.15) is 0 Å². The van der Waals surface area contributed by atoms with Crippen molar-refractivity contribution >= 4 is 23.8 Å². The van der Waals surface area contributed by atoms with Crippen molar-refractivity contribution in [1.29, 1.82) is 0 Å². The molecule has 3 N–H and O–H groups in total. The molecule has 1 unspecified atom stereocenters. The fraction of sp³-hybridized carbons (Fsp3) is 0.714. The lowest BCUT2D eigenvalue weighted by Gasteiger charge is -2.49. The first-order valence-corrected chi connectivity index (χ1v) is 7.82. The zero-order valence-corrected chi connectivity index (χ0v) is 15.4. The van der Waals surface area contributed by atoms with Crippen LogP contribution < -0.4 is 5.32 Å². The fourth-order valence-electron chi connectivity index (χ4n) is 2.58. The Morgan fingerprint density at radius 3 is 2.07 bits per heavy atom. The summed E-state index contributed by atoms with van der Waals surface area (Å²) in [5.41, 5.74) is 5.83. The predicted octanol–water partition coefficient (Wildman–Crippen LogP) is -1.41. The maximum atomic E-state index is 11.6. The molecule has 1 saturated heterocycles. The highest BCUT2D eigenvalue weighted by Crippen LogP contribution is 2.35. The minimum Gasteiger partial charge on any atom is -0.455 e. The number of amides is 1. The molecular formula is C14H20N4O10. The van der Waals surface area contributed by atoms with E-state index in [-0.39, 0.29) is 0 Å². The van der Waals surface area contributed by atoms with E-state index in [0.29, 0.717) is 0 Å². The van der Waals surface area contributed by atoms with Gasteiger partial charge >= 0.3 is 17.9 Å². The zero-order chi connectivity index (χ0) is 21.6. The third-order valence-electron chi connectivity index (χ3n) is 3.40. The molecular weight excluding hydrogens is 384 g/mol. The summed E-state index contributed by atoms with van der Waals surface area (Å²) in [6, 6.07) is 0. The molecule has 156 valence electrons.